The lowest BCUT2D eigenvalue weighted by atomic mass is 9.87. The number of nitrogens with zero attached hydrogens (tertiary/aromatic N) is 5. The average molecular weight is 1040 g/mol. The van der Waals surface area contributed by atoms with E-state index < -0.39 is 41.0 Å². The minimum atomic E-state index is -4.06. The summed E-state index contributed by atoms with van der Waals surface area (Å²) in [5.41, 5.74) is 3.13. The highest BCUT2D eigenvalue weighted by atomic mass is 32.2. The molecule has 394 valence electrons. The van der Waals surface area contributed by atoms with Crippen molar-refractivity contribution in [1.29, 1.82) is 0 Å². The number of ether oxygens (including phenoxy) is 3. The summed E-state index contributed by atoms with van der Waals surface area (Å²) in [6.07, 6.45) is 18.2. The summed E-state index contributed by atoms with van der Waals surface area (Å²) in [6.45, 7) is 2.09. The summed E-state index contributed by atoms with van der Waals surface area (Å²) in [7, 11) is -8.09. The van der Waals surface area contributed by atoms with E-state index in [0.29, 0.717) is 99.0 Å². The molecule has 3 saturated carbocycles. The minimum Gasteiger partial charge on any atom is -0.494 e. The molecule has 0 atom stereocenters. The summed E-state index contributed by atoms with van der Waals surface area (Å²) >= 11 is 0. The Labute approximate surface area is 421 Å². The van der Waals surface area contributed by atoms with Crippen molar-refractivity contribution in [2.24, 2.45) is 5.92 Å². The molecule has 20 nitrogen and oxygen atoms in total. The molecule has 22 heteroatoms. The molecule has 0 spiro atoms. The van der Waals surface area contributed by atoms with Crippen molar-refractivity contribution in [3.63, 3.8) is 0 Å². The third kappa shape index (κ3) is 12.5. The van der Waals surface area contributed by atoms with E-state index in [2.05, 4.69) is 25.2 Å². The van der Waals surface area contributed by atoms with Crippen molar-refractivity contribution in [2.45, 2.75) is 166 Å². The van der Waals surface area contributed by atoms with Crippen molar-refractivity contribution in [3.8, 4) is 11.5 Å². The van der Waals surface area contributed by atoms with E-state index in [1.54, 1.807) is 29.7 Å². The molecule has 4 N–H and O–H groups in total. The van der Waals surface area contributed by atoms with E-state index in [4.69, 9.17) is 28.4 Å². The summed E-state index contributed by atoms with van der Waals surface area (Å²) in [6, 6.07) is 12.6. The molecule has 2 aromatic heterocycles. The molecule has 2 aliphatic heterocycles. The van der Waals surface area contributed by atoms with Gasteiger partial charge in [-0.15, -0.1) is 10.2 Å². The van der Waals surface area contributed by atoms with Crippen LogP contribution in [0.4, 0.5) is 0 Å². The van der Waals surface area contributed by atoms with Crippen LogP contribution in [0.5, 0.6) is 11.5 Å². The predicted octanol–water partition coefficient (Wildman–Crippen LogP) is 6.44. The van der Waals surface area contributed by atoms with Crippen molar-refractivity contribution in [3.05, 3.63) is 72.0 Å². The number of hydroxylamine groups is 2. The molecule has 0 radical (unpaired) electrons. The maximum absolute atomic E-state index is 13.6. The van der Waals surface area contributed by atoms with Crippen molar-refractivity contribution >= 4 is 31.5 Å². The molecular formula is C50H69N7O13S2. The van der Waals surface area contributed by atoms with Crippen LogP contribution >= 0.6 is 0 Å². The van der Waals surface area contributed by atoms with Gasteiger partial charge in [0, 0.05) is 57.5 Å². The smallest absolute Gasteiger partial charge is 0.265 e. The van der Waals surface area contributed by atoms with Crippen molar-refractivity contribution in [2.75, 3.05) is 39.5 Å². The van der Waals surface area contributed by atoms with Gasteiger partial charge in [-0.3, -0.25) is 20.0 Å². The molecule has 3 aliphatic carbocycles. The van der Waals surface area contributed by atoms with Crippen molar-refractivity contribution < 1.29 is 60.0 Å². The number of hydrogen-bond donors (Lipinski definition) is 4. The van der Waals surface area contributed by atoms with Gasteiger partial charge >= 0.3 is 0 Å². The lowest BCUT2D eigenvalue weighted by molar-refractivity contribution is -0.134. The van der Waals surface area contributed by atoms with Crippen LogP contribution in [0.25, 0.3) is 0 Å². The van der Waals surface area contributed by atoms with Crippen LogP contribution in [0.3, 0.4) is 0 Å². The maximum Gasteiger partial charge on any atom is 0.265 e. The molecule has 4 heterocycles. The molecule has 2 amide bonds. The summed E-state index contributed by atoms with van der Waals surface area (Å²) < 4.78 is 78.2. The van der Waals surface area contributed by atoms with Crippen LogP contribution in [-0.2, 0) is 53.3 Å². The number of sulfone groups is 2. The summed E-state index contributed by atoms with van der Waals surface area (Å²) in [4.78, 5) is 31.8. The quantitative estimate of drug-likeness (QED) is 0.0421. The van der Waals surface area contributed by atoms with Gasteiger partial charge in [-0.05, 0) is 131 Å². The zero-order chi connectivity index (χ0) is 50.6. The molecule has 5 fully saturated rings. The molecule has 9 rings (SSSR count). The van der Waals surface area contributed by atoms with E-state index >= 15 is 0 Å². The number of amides is 2. The molecule has 0 bridgehead atoms. The number of likely N-dealkylation sites (tertiary alicyclic amines) is 1. The molecule has 0 unspecified atom stereocenters. The highest BCUT2D eigenvalue weighted by molar-refractivity contribution is 7.94. The Kier molecular flexibility index (Phi) is 18.0. The van der Waals surface area contributed by atoms with E-state index in [0.717, 1.165) is 37.9 Å². The van der Waals surface area contributed by atoms with E-state index in [1.165, 1.54) is 81.1 Å². The number of aryl methyl sites for hydroxylation is 2. The van der Waals surface area contributed by atoms with Gasteiger partial charge in [0.05, 0.1) is 23.0 Å². The first kappa shape index (κ1) is 53.3. The fraction of sp³-hybridized carbons (Fsp3) is 0.640. The second-order valence-electron chi connectivity index (χ2n) is 19.8. The number of rotatable bonds is 20. The largest absolute Gasteiger partial charge is 0.494 e. The molecule has 5 aliphatic rings. The van der Waals surface area contributed by atoms with E-state index in [1.807, 2.05) is 0 Å². The lowest BCUT2D eigenvalue weighted by Crippen LogP contribution is -2.58. The van der Waals surface area contributed by atoms with Crippen molar-refractivity contribution in [1.82, 2.24) is 36.2 Å². The highest BCUT2D eigenvalue weighted by Gasteiger charge is 2.54. The Hall–Kier alpha value is -5.00. The number of aromatic nitrogens is 4. The highest BCUT2D eigenvalue weighted by Crippen LogP contribution is 2.40. The Balaban J connectivity index is 0.000000193. The van der Waals surface area contributed by atoms with E-state index in [-0.39, 0.29) is 48.7 Å². The number of nitrogens with one attached hydrogen (secondary N) is 2. The molecule has 72 heavy (non-hydrogen) atoms. The maximum atomic E-state index is 13.6. The van der Waals surface area contributed by atoms with Gasteiger partial charge in [0.2, 0.25) is 17.7 Å². The zero-order valence-corrected chi connectivity index (χ0v) is 42.5. The first-order valence-electron chi connectivity index (χ1n) is 25.7. The molecule has 2 aromatic carbocycles. The lowest BCUT2D eigenvalue weighted by Gasteiger charge is -2.39. The fourth-order valence-electron chi connectivity index (χ4n) is 10.5. The normalized spacial score (nSPS) is 19.9. The third-order valence-electron chi connectivity index (χ3n) is 15.1. The standard InChI is InChI=1S/C26H36N4O6S.C24H33N3O7S/c31-25(28-32)26(14-16-30(17-15-26)20-8-9-20)37(33,34)22-12-10-21(11-13-22)35-18-4-7-23-27-24(29-36-23)19-5-2-1-3-6-19;28-23(27-29)24(12-15-32-16-13-24)35(30,31)20-10-8-19(9-11-20)33-14-4-7-21-25-26-22(34-21)17-18-5-2-1-3-6-18/h10-13,19-20,32H,1-9,14-18H2,(H,28,31);8-11,18,29H,1-7,12-17H2,(H,27,28). The fourth-order valence-corrected chi connectivity index (χ4v) is 14.4. The molecular weight excluding hydrogens is 971 g/mol. The van der Waals surface area contributed by atoms with Crippen LogP contribution in [-0.4, -0.2) is 119 Å². The Bertz CT molecular complexity index is 2600. The Morgan fingerprint density at radius 3 is 1.68 bits per heavy atom. The first-order chi connectivity index (χ1) is 34.9. The predicted molar refractivity (Wildman–Crippen MR) is 259 cm³/mol. The molecule has 2 saturated heterocycles. The first-order valence-corrected chi connectivity index (χ1v) is 28.6. The van der Waals surface area contributed by atoms with Gasteiger partial charge in [0.15, 0.2) is 35.0 Å². The Morgan fingerprint density at radius 1 is 0.653 bits per heavy atom. The number of benzene rings is 2. The Morgan fingerprint density at radius 2 is 1.15 bits per heavy atom. The zero-order valence-electron chi connectivity index (χ0n) is 40.9. The topological polar surface area (TPSA) is 276 Å². The summed E-state index contributed by atoms with van der Waals surface area (Å²) in [5.74, 6) is 3.05. The monoisotopic (exact) mass is 1040 g/mol. The van der Waals surface area contributed by atoms with E-state index in [9.17, 15) is 31.6 Å². The van der Waals surface area contributed by atoms with Crippen LogP contribution in [0.15, 0.2) is 67.3 Å². The summed E-state index contributed by atoms with van der Waals surface area (Å²) in [5, 5.41) is 31.0. The number of hydrogen-bond acceptors (Lipinski definition) is 18. The van der Waals surface area contributed by atoms with Gasteiger partial charge in [0.1, 0.15) is 11.5 Å². The number of carbonyl (C=O) groups is 2. The SMILES string of the molecule is O=C(NO)C1(S(=O)(=O)c2ccc(OCCCc3nc(C4CCCCC4)no3)cc2)CCN(C2CC2)CC1.O=C(NO)C1(S(=O)(=O)c2ccc(OCCCc3nnc(CC4CCCCC4)o3)cc2)CCOCC1. The minimum absolute atomic E-state index is 0.00768. The van der Waals surface area contributed by atoms with Crippen LogP contribution in [0.2, 0.25) is 0 Å². The molecule has 4 aromatic rings. The average Bonchev–Trinajstić information content (AvgIpc) is 4.00. The van der Waals surface area contributed by atoms with Crippen LogP contribution in [0.1, 0.15) is 145 Å². The van der Waals surface area contributed by atoms with Crippen LogP contribution in [0, 0.1) is 5.92 Å². The van der Waals surface area contributed by atoms with Gasteiger partial charge in [-0.25, -0.2) is 27.8 Å². The third-order valence-corrected chi connectivity index (χ3v) is 20.1. The second-order valence-corrected chi connectivity index (χ2v) is 24.3. The van der Waals surface area contributed by atoms with Gasteiger partial charge < -0.3 is 28.1 Å². The van der Waals surface area contributed by atoms with Gasteiger partial charge in [-0.1, -0.05) is 43.7 Å². The second kappa shape index (κ2) is 24.4. The van der Waals surface area contributed by atoms with Gasteiger partial charge in [-0.2, -0.15) is 4.98 Å². The number of piperidine rings is 1. The van der Waals surface area contributed by atoms with Crippen LogP contribution < -0.4 is 20.4 Å². The van der Waals surface area contributed by atoms with Gasteiger partial charge in [0.25, 0.3) is 11.8 Å². The number of carbonyl (C=O) groups excluding carboxylic acids is 2.